The van der Waals surface area contributed by atoms with Gasteiger partial charge in [0.25, 0.3) is 0 Å². The van der Waals surface area contributed by atoms with Crippen molar-refractivity contribution in [2.75, 3.05) is 0 Å². The van der Waals surface area contributed by atoms with E-state index in [1.807, 2.05) is 18.2 Å². The molecule has 0 saturated heterocycles. The van der Waals surface area contributed by atoms with E-state index < -0.39 is 0 Å². The number of nitrogens with zero attached hydrogens (tertiary/aromatic N) is 5. The topological polar surface area (TPSA) is 116 Å². The van der Waals surface area contributed by atoms with Gasteiger partial charge in [-0.15, -0.1) is 0 Å². The molecule has 3 aromatic rings. The molecule has 7 heteroatoms. The molecule has 3 aromatic heterocycles. The van der Waals surface area contributed by atoms with Gasteiger partial charge in [-0.2, -0.15) is 0 Å². The van der Waals surface area contributed by atoms with Crippen LogP contribution in [0.4, 0.5) is 0 Å². The second-order valence-electron chi connectivity index (χ2n) is 4.53. The predicted octanol–water partition coefficient (Wildman–Crippen LogP) is 0.913. The number of rotatable bonds is 4. The Morgan fingerprint density at radius 3 is 1.55 bits per heavy atom. The van der Waals surface area contributed by atoms with Gasteiger partial charge in [0.1, 0.15) is 11.6 Å². The Labute approximate surface area is 127 Å². The van der Waals surface area contributed by atoms with Crippen LogP contribution in [0.5, 0.6) is 0 Å². The second-order valence-corrected chi connectivity index (χ2v) is 4.53. The van der Waals surface area contributed by atoms with Gasteiger partial charge < -0.3 is 11.5 Å². The normalized spacial score (nSPS) is 10.6. The zero-order valence-electron chi connectivity index (χ0n) is 11.8. The Kier molecular flexibility index (Phi) is 4.08. The Morgan fingerprint density at radius 1 is 0.636 bits per heavy atom. The molecule has 0 unspecified atom stereocenters. The molecule has 0 saturated carbocycles. The van der Waals surface area contributed by atoms with Crippen LogP contribution in [0.2, 0.25) is 0 Å². The molecule has 0 aliphatic carbocycles. The maximum Gasteiger partial charge on any atom is 0.142 e. The van der Waals surface area contributed by atoms with Crippen molar-refractivity contribution in [3.63, 3.8) is 0 Å². The maximum atomic E-state index is 5.58. The SMILES string of the molecule is NCc1nccc(-c2cccc(-c3ccnc(CN)n3)n2)n1. The largest absolute Gasteiger partial charge is 0.324 e. The quantitative estimate of drug-likeness (QED) is 0.734. The van der Waals surface area contributed by atoms with Gasteiger partial charge in [0, 0.05) is 12.4 Å². The van der Waals surface area contributed by atoms with Crippen LogP contribution >= 0.6 is 0 Å². The smallest absolute Gasteiger partial charge is 0.142 e. The summed E-state index contributed by atoms with van der Waals surface area (Å²) >= 11 is 0. The van der Waals surface area contributed by atoms with E-state index in [4.69, 9.17) is 11.5 Å². The molecular formula is C15H15N7. The average Bonchev–Trinajstić information content (AvgIpc) is 2.62. The molecule has 0 amide bonds. The van der Waals surface area contributed by atoms with E-state index >= 15 is 0 Å². The summed E-state index contributed by atoms with van der Waals surface area (Å²) < 4.78 is 0. The third-order valence-electron chi connectivity index (χ3n) is 3.05. The van der Waals surface area contributed by atoms with Gasteiger partial charge >= 0.3 is 0 Å². The Bertz CT molecular complexity index is 725. The van der Waals surface area contributed by atoms with Gasteiger partial charge in [-0.1, -0.05) is 6.07 Å². The minimum Gasteiger partial charge on any atom is -0.324 e. The molecule has 7 nitrogen and oxygen atoms in total. The van der Waals surface area contributed by atoms with Crippen LogP contribution in [-0.2, 0) is 13.1 Å². The molecule has 3 heterocycles. The van der Waals surface area contributed by atoms with Crippen LogP contribution in [0.3, 0.4) is 0 Å². The second kappa shape index (κ2) is 6.33. The van der Waals surface area contributed by atoms with Crippen LogP contribution in [-0.4, -0.2) is 24.9 Å². The standard InChI is InChI=1S/C15H15N7/c16-8-14-18-6-4-12(21-14)10-2-1-3-11(20-10)13-5-7-19-15(9-17)22-13/h1-7H,8-9,16-17H2. The molecule has 0 aliphatic rings. The summed E-state index contributed by atoms with van der Waals surface area (Å²) in [6.07, 6.45) is 3.35. The molecule has 4 N–H and O–H groups in total. The highest BCUT2D eigenvalue weighted by molar-refractivity contribution is 5.61. The minimum absolute atomic E-state index is 0.291. The first-order valence-corrected chi connectivity index (χ1v) is 6.82. The minimum atomic E-state index is 0.291. The van der Waals surface area contributed by atoms with Crippen molar-refractivity contribution >= 4 is 0 Å². The zero-order chi connectivity index (χ0) is 15.4. The summed E-state index contributed by atoms with van der Waals surface area (Å²) in [7, 11) is 0. The molecular weight excluding hydrogens is 278 g/mol. The summed E-state index contributed by atoms with van der Waals surface area (Å²) in [5.74, 6) is 1.16. The third kappa shape index (κ3) is 2.95. The Morgan fingerprint density at radius 2 is 1.09 bits per heavy atom. The summed E-state index contributed by atoms with van der Waals surface area (Å²) in [5.41, 5.74) is 14.1. The van der Waals surface area contributed by atoms with Gasteiger partial charge in [-0.3, -0.25) is 0 Å². The first kappa shape index (κ1) is 14.2. The lowest BCUT2D eigenvalue weighted by Gasteiger charge is -2.05. The van der Waals surface area contributed by atoms with E-state index in [1.54, 1.807) is 24.5 Å². The first-order valence-electron chi connectivity index (χ1n) is 6.82. The van der Waals surface area contributed by atoms with Gasteiger partial charge in [-0.05, 0) is 24.3 Å². The van der Waals surface area contributed by atoms with Crippen LogP contribution in [0.25, 0.3) is 22.8 Å². The predicted molar refractivity (Wildman–Crippen MR) is 82.1 cm³/mol. The summed E-state index contributed by atoms with van der Waals surface area (Å²) in [6, 6.07) is 9.29. The van der Waals surface area contributed by atoms with Crippen molar-refractivity contribution in [3.05, 3.63) is 54.4 Å². The molecule has 3 rings (SSSR count). The molecule has 0 radical (unpaired) electrons. The van der Waals surface area contributed by atoms with Gasteiger partial charge in [0.05, 0.1) is 35.9 Å². The monoisotopic (exact) mass is 293 g/mol. The van der Waals surface area contributed by atoms with Crippen molar-refractivity contribution in [2.24, 2.45) is 11.5 Å². The molecule has 0 atom stereocenters. The lowest BCUT2D eigenvalue weighted by atomic mass is 10.2. The molecule has 0 bridgehead atoms. The summed E-state index contributed by atoms with van der Waals surface area (Å²) in [5, 5.41) is 0. The highest BCUT2D eigenvalue weighted by Crippen LogP contribution is 2.19. The van der Waals surface area contributed by atoms with Gasteiger partial charge in [0.2, 0.25) is 0 Å². The first-order chi connectivity index (χ1) is 10.8. The molecule has 0 aromatic carbocycles. The highest BCUT2D eigenvalue weighted by Gasteiger charge is 2.07. The average molecular weight is 293 g/mol. The van der Waals surface area contributed by atoms with Gasteiger partial charge in [0.15, 0.2) is 0 Å². The van der Waals surface area contributed by atoms with E-state index in [0.717, 1.165) is 22.8 Å². The Balaban J connectivity index is 2.01. The fourth-order valence-corrected chi connectivity index (χ4v) is 2.00. The van der Waals surface area contributed by atoms with E-state index in [1.165, 1.54) is 0 Å². The third-order valence-corrected chi connectivity index (χ3v) is 3.05. The van der Waals surface area contributed by atoms with Gasteiger partial charge in [-0.25, -0.2) is 24.9 Å². The van der Waals surface area contributed by atoms with E-state index in [9.17, 15) is 0 Å². The van der Waals surface area contributed by atoms with Crippen molar-refractivity contribution in [3.8, 4) is 22.8 Å². The highest BCUT2D eigenvalue weighted by atomic mass is 14.9. The van der Waals surface area contributed by atoms with E-state index in [-0.39, 0.29) is 0 Å². The fourth-order valence-electron chi connectivity index (χ4n) is 2.00. The van der Waals surface area contributed by atoms with Crippen LogP contribution in [0, 0.1) is 0 Å². The summed E-state index contributed by atoms with van der Waals surface area (Å²) in [4.78, 5) is 21.5. The molecule has 22 heavy (non-hydrogen) atoms. The molecule has 0 spiro atoms. The summed E-state index contributed by atoms with van der Waals surface area (Å²) in [6.45, 7) is 0.582. The zero-order valence-corrected chi connectivity index (χ0v) is 11.8. The number of pyridine rings is 1. The van der Waals surface area contributed by atoms with E-state index in [2.05, 4.69) is 24.9 Å². The molecule has 110 valence electrons. The number of hydrogen-bond donors (Lipinski definition) is 2. The lowest BCUT2D eigenvalue weighted by molar-refractivity contribution is 0.907. The maximum absolute atomic E-state index is 5.58. The van der Waals surface area contributed by atoms with Crippen molar-refractivity contribution in [2.45, 2.75) is 13.1 Å². The molecule has 0 fully saturated rings. The Hall–Kier alpha value is -2.77. The van der Waals surface area contributed by atoms with Crippen molar-refractivity contribution in [1.82, 2.24) is 24.9 Å². The number of hydrogen-bond acceptors (Lipinski definition) is 7. The van der Waals surface area contributed by atoms with E-state index in [0.29, 0.717) is 24.7 Å². The number of aromatic nitrogens is 5. The fraction of sp³-hybridized carbons (Fsp3) is 0.133. The van der Waals surface area contributed by atoms with Crippen LogP contribution < -0.4 is 11.5 Å². The lowest BCUT2D eigenvalue weighted by Crippen LogP contribution is -2.04. The number of nitrogens with two attached hydrogens (primary N) is 2. The molecule has 0 aliphatic heterocycles. The van der Waals surface area contributed by atoms with Crippen LogP contribution in [0.1, 0.15) is 11.6 Å². The van der Waals surface area contributed by atoms with Crippen LogP contribution in [0.15, 0.2) is 42.7 Å². The van der Waals surface area contributed by atoms with Crippen molar-refractivity contribution < 1.29 is 0 Å². The van der Waals surface area contributed by atoms with Crippen molar-refractivity contribution in [1.29, 1.82) is 0 Å².